The summed E-state index contributed by atoms with van der Waals surface area (Å²) in [5, 5.41) is 0. The largest absolute Gasteiger partial charge is 0.469 e. The fraction of sp³-hybridized carbons (Fsp3) is 0.364. The van der Waals surface area contributed by atoms with Crippen molar-refractivity contribution in [2.24, 2.45) is 0 Å². The summed E-state index contributed by atoms with van der Waals surface area (Å²) in [6.07, 6.45) is 0.0836. The standard InChI is InChI=1S/C11H15FN2O4S/c1-18-11(15)3-2-6-19(16,17)14-10-5-4-8(13)7-9(10)12/h4-5,7,14H,2-3,6,13H2,1H3. The molecule has 6 nitrogen and oxygen atoms in total. The summed E-state index contributed by atoms with van der Waals surface area (Å²) in [5.41, 5.74) is 5.38. The van der Waals surface area contributed by atoms with E-state index in [0.717, 1.165) is 6.07 Å². The fourth-order valence-electron chi connectivity index (χ4n) is 1.34. The second kappa shape index (κ2) is 6.37. The maximum atomic E-state index is 13.4. The van der Waals surface area contributed by atoms with Gasteiger partial charge in [-0.05, 0) is 24.6 Å². The summed E-state index contributed by atoms with van der Waals surface area (Å²) >= 11 is 0. The lowest BCUT2D eigenvalue weighted by molar-refractivity contribution is -0.140. The van der Waals surface area contributed by atoms with E-state index < -0.39 is 21.8 Å². The van der Waals surface area contributed by atoms with E-state index in [1.54, 1.807) is 0 Å². The van der Waals surface area contributed by atoms with Gasteiger partial charge in [-0.3, -0.25) is 9.52 Å². The van der Waals surface area contributed by atoms with E-state index in [4.69, 9.17) is 5.73 Å². The Bertz CT molecular complexity index is 560. The van der Waals surface area contributed by atoms with E-state index in [9.17, 15) is 17.6 Å². The molecule has 8 heteroatoms. The van der Waals surface area contributed by atoms with Crippen LogP contribution >= 0.6 is 0 Å². The third-order valence-electron chi connectivity index (χ3n) is 2.28. The first-order valence-corrected chi connectivity index (χ1v) is 7.11. The minimum atomic E-state index is -3.71. The van der Waals surface area contributed by atoms with E-state index in [1.165, 1.54) is 19.2 Å². The summed E-state index contributed by atoms with van der Waals surface area (Å²) in [5.74, 6) is -1.54. The summed E-state index contributed by atoms with van der Waals surface area (Å²) in [4.78, 5) is 10.8. The number of hydrogen-bond acceptors (Lipinski definition) is 5. The molecule has 1 aromatic rings. The first-order chi connectivity index (χ1) is 8.84. The van der Waals surface area contributed by atoms with Gasteiger partial charge in [-0.1, -0.05) is 0 Å². The number of carbonyl (C=O) groups excluding carboxylic acids is 1. The number of nitrogens with one attached hydrogen (secondary N) is 1. The number of hydrogen-bond donors (Lipinski definition) is 2. The SMILES string of the molecule is COC(=O)CCCS(=O)(=O)Nc1ccc(N)cc1F. The third kappa shape index (κ3) is 5.12. The molecule has 0 unspecified atom stereocenters. The number of esters is 1. The van der Waals surface area contributed by atoms with Crippen molar-refractivity contribution in [1.29, 1.82) is 0 Å². The number of nitrogens with two attached hydrogens (primary N) is 1. The van der Waals surface area contributed by atoms with Gasteiger partial charge in [-0.15, -0.1) is 0 Å². The maximum Gasteiger partial charge on any atom is 0.305 e. The lowest BCUT2D eigenvalue weighted by atomic mass is 10.3. The normalized spacial score (nSPS) is 11.1. The lowest BCUT2D eigenvalue weighted by Gasteiger charge is -2.09. The molecule has 0 aliphatic heterocycles. The molecule has 0 saturated carbocycles. The Hall–Kier alpha value is -1.83. The molecule has 0 aromatic heterocycles. The minimum Gasteiger partial charge on any atom is -0.469 e. The lowest BCUT2D eigenvalue weighted by Crippen LogP contribution is -2.18. The monoisotopic (exact) mass is 290 g/mol. The van der Waals surface area contributed by atoms with Crippen LogP contribution in [0.5, 0.6) is 0 Å². The van der Waals surface area contributed by atoms with Gasteiger partial charge < -0.3 is 10.5 Å². The average molecular weight is 290 g/mol. The molecule has 1 aromatic carbocycles. The van der Waals surface area contributed by atoms with Gasteiger partial charge in [0.2, 0.25) is 10.0 Å². The van der Waals surface area contributed by atoms with Crippen molar-refractivity contribution in [3.8, 4) is 0 Å². The zero-order valence-electron chi connectivity index (χ0n) is 10.3. The number of carbonyl (C=O) groups is 1. The molecule has 0 spiro atoms. The van der Waals surface area contributed by atoms with E-state index in [1.807, 2.05) is 0 Å². The Morgan fingerprint density at radius 2 is 2.16 bits per heavy atom. The molecule has 106 valence electrons. The van der Waals surface area contributed by atoms with Gasteiger partial charge in [0.25, 0.3) is 0 Å². The van der Waals surface area contributed by atoms with Crippen molar-refractivity contribution >= 4 is 27.4 Å². The predicted octanol–water partition coefficient (Wildman–Crippen LogP) is 1.10. The predicted molar refractivity (Wildman–Crippen MR) is 69.5 cm³/mol. The van der Waals surface area contributed by atoms with Crippen molar-refractivity contribution in [2.75, 3.05) is 23.3 Å². The fourth-order valence-corrected chi connectivity index (χ4v) is 2.47. The molecule has 0 atom stereocenters. The Balaban J connectivity index is 2.61. The molecule has 1 rings (SSSR count). The van der Waals surface area contributed by atoms with Crippen LogP contribution in [-0.4, -0.2) is 27.2 Å². The molecule has 0 saturated heterocycles. The number of methoxy groups -OCH3 is 1. The first kappa shape index (κ1) is 15.2. The van der Waals surface area contributed by atoms with Crippen LogP contribution < -0.4 is 10.5 Å². The van der Waals surface area contributed by atoms with Gasteiger partial charge in [-0.25, -0.2) is 12.8 Å². The molecular weight excluding hydrogens is 275 g/mol. The second-order valence-corrected chi connectivity index (χ2v) is 5.68. The van der Waals surface area contributed by atoms with Crippen LogP contribution in [0, 0.1) is 5.82 Å². The van der Waals surface area contributed by atoms with E-state index in [0.29, 0.717) is 0 Å². The Morgan fingerprint density at radius 1 is 1.47 bits per heavy atom. The quantitative estimate of drug-likeness (QED) is 0.604. The molecule has 0 fully saturated rings. The smallest absolute Gasteiger partial charge is 0.305 e. The maximum absolute atomic E-state index is 13.4. The summed E-state index contributed by atoms with van der Waals surface area (Å²) < 4.78 is 43.2. The molecule has 0 heterocycles. The molecule has 0 aliphatic rings. The highest BCUT2D eigenvalue weighted by atomic mass is 32.2. The summed E-state index contributed by atoms with van der Waals surface area (Å²) in [7, 11) is -2.49. The van der Waals surface area contributed by atoms with Crippen LogP contribution in [0.4, 0.5) is 15.8 Å². The van der Waals surface area contributed by atoms with Crippen LogP contribution in [0.25, 0.3) is 0 Å². The highest BCUT2D eigenvalue weighted by Gasteiger charge is 2.14. The number of anilines is 2. The highest BCUT2D eigenvalue weighted by Crippen LogP contribution is 2.18. The first-order valence-electron chi connectivity index (χ1n) is 5.46. The number of benzene rings is 1. The van der Waals surface area contributed by atoms with Crippen molar-refractivity contribution < 1.29 is 22.3 Å². The van der Waals surface area contributed by atoms with Gasteiger partial charge in [0.15, 0.2) is 0 Å². The molecule has 0 bridgehead atoms. The Morgan fingerprint density at radius 3 is 2.74 bits per heavy atom. The zero-order valence-corrected chi connectivity index (χ0v) is 11.2. The van der Waals surface area contributed by atoms with Gasteiger partial charge >= 0.3 is 5.97 Å². The van der Waals surface area contributed by atoms with E-state index in [-0.39, 0.29) is 30.0 Å². The van der Waals surface area contributed by atoms with Gasteiger partial charge in [0.1, 0.15) is 5.82 Å². The van der Waals surface area contributed by atoms with Crippen molar-refractivity contribution in [3.05, 3.63) is 24.0 Å². The zero-order chi connectivity index (χ0) is 14.5. The van der Waals surface area contributed by atoms with Crippen LogP contribution in [0.1, 0.15) is 12.8 Å². The second-order valence-electron chi connectivity index (χ2n) is 3.84. The number of nitrogen functional groups attached to an aromatic ring is 1. The molecule has 0 amide bonds. The van der Waals surface area contributed by atoms with E-state index >= 15 is 0 Å². The summed E-state index contributed by atoms with van der Waals surface area (Å²) in [6.45, 7) is 0. The summed E-state index contributed by atoms with van der Waals surface area (Å²) in [6, 6.07) is 3.64. The molecule has 0 radical (unpaired) electrons. The number of rotatable bonds is 6. The average Bonchev–Trinajstić information content (AvgIpc) is 2.32. The number of ether oxygens (including phenoxy) is 1. The van der Waals surface area contributed by atoms with Crippen LogP contribution in [0.2, 0.25) is 0 Å². The highest BCUT2D eigenvalue weighted by molar-refractivity contribution is 7.92. The van der Waals surface area contributed by atoms with Crippen molar-refractivity contribution in [2.45, 2.75) is 12.8 Å². The Kier molecular flexibility index (Phi) is 5.11. The topological polar surface area (TPSA) is 98.5 Å². The Labute approximate surface area is 110 Å². The third-order valence-corrected chi connectivity index (χ3v) is 3.64. The minimum absolute atomic E-state index is 0.0123. The van der Waals surface area contributed by atoms with E-state index in [2.05, 4.69) is 9.46 Å². The van der Waals surface area contributed by atoms with Gasteiger partial charge in [0, 0.05) is 12.1 Å². The van der Waals surface area contributed by atoms with Gasteiger partial charge in [-0.2, -0.15) is 0 Å². The van der Waals surface area contributed by atoms with Crippen molar-refractivity contribution in [1.82, 2.24) is 0 Å². The number of sulfonamides is 1. The van der Waals surface area contributed by atoms with Crippen LogP contribution in [0.3, 0.4) is 0 Å². The molecule has 3 N–H and O–H groups in total. The van der Waals surface area contributed by atoms with Crippen molar-refractivity contribution in [3.63, 3.8) is 0 Å². The van der Waals surface area contributed by atoms with Crippen LogP contribution in [-0.2, 0) is 19.6 Å². The molecular formula is C11H15FN2O4S. The van der Waals surface area contributed by atoms with Crippen LogP contribution in [0.15, 0.2) is 18.2 Å². The van der Waals surface area contributed by atoms with Gasteiger partial charge in [0.05, 0.1) is 18.6 Å². The molecule has 19 heavy (non-hydrogen) atoms. The number of halogens is 1. The molecule has 0 aliphatic carbocycles.